The fraction of sp³-hybridized carbons (Fsp3) is 0.231. The quantitative estimate of drug-likeness (QED) is 0.293. The van der Waals surface area contributed by atoms with Gasteiger partial charge in [0.15, 0.2) is 0 Å². The third kappa shape index (κ3) is 6.76. The first-order chi connectivity index (χ1) is 17.4. The molecule has 0 heterocycles. The van der Waals surface area contributed by atoms with E-state index in [-0.39, 0.29) is 16.3 Å². The van der Waals surface area contributed by atoms with Crippen LogP contribution in [0.15, 0.2) is 82.8 Å². The molecule has 0 aliphatic rings. The number of hydrogen-bond acceptors (Lipinski definition) is 7. The van der Waals surface area contributed by atoms with Crippen molar-refractivity contribution in [2.24, 2.45) is 5.10 Å². The molecule has 0 unspecified atom stereocenters. The number of carbonyl (C=O) groups excluding carboxylic acids is 1. The van der Waals surface area contributed by atoms with E-state index in [4.69, 9.17) is 14.2 Å². The Labute approximate surface area is 211 Å². The van der Waals surface area contributed by atoms with E-state index in [0.29, 0.717) is 12.4 Å². The minimum atomic E-state index is -4.13. The highest BCUT2D eigenvalue weighted by molar-refractivity contribution is 7.92. The molecule has 36 heavy (non-hydrogen) atoms. The number of amides is 1. The Morgan fingerprint density at radius 3 is 2.31 bits per heavy atom. The lowest BCUT2D eigenvalue weighted by atomic mass is 10.2. The largest absolute Gasteiger partial charge is 0.497 e. The number of hydrogen-bond donors (Lipinski definition) is 1. The van der Waals surface area contributed by atoms with Gasteiger partial charge < -0.3 is 14.2 Å². The molecule has 0 aliphatic carbocycles. The molecule has 3 aromatic rings. The van der Waals surface area contributed by atoms with E-state index in [1.165, 1.54) is 38.6 Å². The van der Waals surface area contributed by atoms with Crippen molar-refractivity contribution in [2.75, 3.05) is 31.7 Å². The third-order valence-corrected chi connectivity index (χ3v) is 6.80. The monoisotopic (exact) mass is 511 g/mol. The number of rotatable bonds is 12. The SMILES string of the molecule is CCCOc1ccc(/C=N\NC(=O)CN(c2cc(OC)ccc2OC)S(=O)(=O)c2ccccc2)cc1. The summed E-state index contributed by atoms with van der Waals surface area (Å²) < 4.78 is 44.2. The van der Waals surface area contributed by atoms with Gasteiger partial charge in [-0.3, -0.25) is 9.10 Å². The lowest BCUT2D eigenvalue weighted by Gasteiger charge is -2.25. The highest BCUT2D eigenvalue weighted by Crippen LogP contribution is 2.35. The van der Waals surface area contributed by atoms with Gasteiger partial charge in [-0.25, -0.2) is 13.8 Å². The second-order valence-corrected chi connectivity index (χ2v) is 9.44. The number of nitrogens with zero attached hydrogens (tertiary/aromatic N) is 2. The zero-order valence-electron chi connectivity index (χ0n) is 20.4. The minimum Gasteiger partial charge on any atom is -0.497 e. The molecule has 0 saturated heterocycles. The summed E-state index contributed by atoms with van der Waals surface area (Å²) in [5.41, 5.74) is 3.28. The predicted octanol–water partition coefficient (Wildman–Crippen LogP) is 3.84. The Hall–Kier alpha value is -4.05. The zero-order chi connectivity index (χ0) is 26.0. The molecular formula is C26H29N3O6S. The van der Waals surface area contributed by atoms with Gasteiger partial charge in [0.2, 0.25) is 0 Å². The summed E-state index contributed by atoms with van der Waals surface area (Å²) in [5, 5.41) is 3.97. The van der Waals surface area contributed by atoms with Crippen LogP contribution in [0.1, 0.15) is 18.9 Å². The van der Waals surface area contributed by atoms with E-state index in [1.807, 2.05) is 19.1 Å². The van der Waals surface area contributed by atoms with Crippen LogP contribution < -0.4 is 23.9 Å². The number of nitrogens with one attached hydrogen (secondary N) is 1. The summed E-state index contributed by atoms with van der Waals surface area (Å²) in [5.74, 6) is 0.770. The number of hydrazone groups is 1. The van der Waals surface area contributed by atoms with Gasteiger partial charge in [-0.15, -0.1) is 0 Å². The number of anilines is 1. The minimum absolute atomic E-state index is 0.0246. The zero-order valence-corrected chi connectivity index (χ0v) is 21.2. The molecular weight excluding hydrogens is 482 g/mol. The van der Waals surface area contributed by atoms with E-state index >= 15 is 0 Å². The van der Waals surface area contributed by atoms with Crippen molar-refractivity contribution in [3.8, 4) is 17.2 Å². The Bertz CT molecular complexity index is 1280. The van der Waals surface area contributed by atoms with Crippen LogP contribution in [-0.2, 0) is 14.8 Å². The van der Waals surface area contributed by atoms with Crippen LogP contribution in [0, 0.1) is 0 Å². The Kier molecular flexibility index (Phi) is 9.29. The molecule has 0 fully saturated rings. The van der Waals surface area contributed by atoms with E-state index < -0.39 is 22.5 Å². The fourth-order valence-corrected chi connectivity index (χ4v) is 4.67. The first kappa shape index (κ1) is 26.6. The molecule has 0 spiro atoms. The molecule has 10 heteroatoms. The average Bonchev–Trinajstić information content (AvgIpc) is 2.91. The number of carbonyl (C=O) groups is 1. The fourth-order valence-electron chi connectivity index (χ4n) is 3.23. The van der Waals surface area contributed by atoms with Gasteiger partial charge in [0.05, 0.1) is 37.6 Å². The van der Waals surface area contributed by atoms with E-state index in [1.54, 1.807) is 42.5 Å². The van der Waals surface area contributed by atoms with E-state index in [2.05, 4.69) is 10.5 Å². The molecule has 1 amide bonds. The molecule has 0 radical (unpaired) electrons. The van der Waals surface area contributed by atoms with Gasteiger partial charge in [-0.05, 0) is 60.5 Å². The number of benzene rings is 3. The normalized spacial score (nSPS) is 11.2. The molecule has 0 aliphatic heterocycles. The maximum atomic E-state index is 13.5. The summed E-state index contributed by atoms with van der Waals surface area (Å²) in [4.78, 5) is 12.8. The molecule has 0 saturated carbocycles. The molecule has 9 nitrogen and oxygen atoms in total. The molecule has 1 N–H and O–H groups in total. The van der Waals surface area contributed by atoms with Gasteiger partial charge >= 0.3 is 0 Å². The Balaban J connectivity index is 1.83. The smallest absolute Gasteiger partial charge is 0.264 e. The summed E-state index contributed by atoms with van der Waals surface area (Å²) in [7, 11) is -1.24. The van der Waals surface area contributed by atoms with Crippen LogP contribution in [0.4, 0.5) is 5.69 Å². The molecule has 3 rings (SSSR count). The van der Waals surface area contributed by atoms with Gasteiger partial charge in [0, 0.05) is 6.07 Å². The summed E-state index contributed by atoms with van der Waals surface area (Å²) in [6.07, 6.45) is 2.37. The van der Waals surface area contributed by atoms with Crippen molar-refractivity contribution in [1.82, 2.24) is 5.43 Å². The van der Waals surface area contributed by atoms with Crippen LogP contribution >= 0.6 is 0 Å². The van der Waals surface area contributed by atoms with Gasteiger partial charge in [-0.1, -0.05) is 25.1 Å². The summed E-state index contributed by atoms with van der Waals surface area (Å²) in [6, 6.07) is 19.8. The Morgan fingerprint density at radius 1 is 0.972 bits per heavy atom. The topological polar surface area (TPSA) is 107 Å². The first-order valence-electron chi connectivity index (χ1n) is 11.2. The van der Waals surface area contributed by atoms with Crippen LogP contribution in [0.2, 0.25) is 0 Å². The highest BCUT2D eigenvalue weighted by Gasteiger charge is 2.29. The van der Waals surface area contributed by atoms with Crippen LogP contribution in [0.5, 0.6) is 17.2 Å². The van der Waals surface area contributed by atoms with Gasteiger partial charge in [0.1, 0.15) is 23.8 Å². The Morgan fingerprint density at radius 2 is 1.67 bits per heavy atom. The highest BCUT2D eigenvalue weighted by atomic mass is 32.2. The number of methoxy groups -OCH3 is 2. The second-order valence-electron chi connectivity index (χ2n) is 7.57. The van der Waals surface area contributed by atoms with Crippen molar-refractivity contribution < 1.29 is 27.4 Å². The number of ether oxygens (including phenoxy) is 3. The van der Waals surface area contributed by atoms with Crippen LogP contribution in [-0.4, -0.2) is 47.9 Å². The number of sulfonamides is 1. The molecule has 3 aromatic carbocycles. The average molecular weight is 512 g/mol. The van der Waals surface area contributed by atoms with Crippen molar-refractivity contribution in [3.05, 3.63) is 78.4 Å². The first-order valence-corrected chi connectivity index (χ1v) is 12.7. The van der Waals surface area contributed by atoms with Gasteiger partial charge in [0.25, 0.3) is 15.9 Å². The summed E-state index contributed by atoms with van der Waals surface area (Å²) in [6.45, 7) is 2.12. The molecule has 190 valence electrons. The van der Waals surface area contributed by atoms with Gasteiger partial charge in [-0.2, -0.15) is 5.10 Å². The standard InChI is InChI=1S/C26H29N3O6S/c1-4-16-35-21-12-10-20(11-13-21)18-27-28-26(30)19-29(36(31,32)23-8-6-5-7-9-23)24-17-22(33-2)14-15-25(24)34-3/h5-15,17-18H,4,16,19H2,1-3H3,(H,28,30)/b27-18-. The van der Waals surface area contributed by atoms with Crippen LogP contribution in [0.25, 0.3) is 0 Å². The van der Waals surface area contributed by atoms with Crippen molar-refractivity contribution in [1.29, 1.82) is 0 Å². The van der Waals surface area contributed by atoms with Crippen molar-refractivity contribution >= 4 is 27.8 Å². The lowest BCUT2D eigenvalue weighted by Crippen LogP contribution is -2.39. The van der Waals surface area contributed by atoms with E-state index in [9.17, 15) is 13.2 Å². The third-order valence-electron chi connectivity index (χ3n) is 5.03. The predicted molar refractivity (Wildman–Crippen MR) is 138 cm³/mol. The van der Waals surface area contributed by atoms with Crippen molar-refractivity contribution in [2.45, 2.75) is 18.2 Å². The maximum Gasteiger partial charge on any atom is 0.264 e. The molecule has 0 aromatic heterocycles. The lowest BCUT2D eigenvalue weighted by molar-refractivity contribution is -0.119. The molecule has 0 bridgehead atoms. The van der Waals surface area contributed by atoms with Crippen molar-refractivity contribution in [3.63, 3.8) is 0 Å². The molecule has 0 atom stereocenters. The van der Waals surface area contributed by atoms with Crippen LogP contribution in [0.3, 0.4) is 0 Å². The second kappa shape index (κ2) is 12.6. The maximum absolute atomic E-state index is 13.5. The van der Waals surface area contributed by atoms with E-state index in [0.717, 1.165) is 22.0 Å². The summed E-state index contributed by atoms with van der Waals surface area (Å²) >= 11 is 0.